The molecule has 0 amide bonds. The van der Waals surface area contributed by atoms with Gasteiger partial charge in [-0.15, -0.1) is 0 Å². The third-order valence-electron chi connectivity index (χ3n) is 3.37. The molecule has 0 heterocycles. The van der Waals surface area contributed by atoms with Crippen LogP contribution in [-0.4, -0.2) is 21.3 Å². The summed E-state index contributed by atoms with van der Waals surface area (Å²) >= 11 is 6.35. The Morgan fingerprint density at radius 2 is 1.59 bits per heavy atom. The van der Waals surface area contributed by atoms with Gasteiger partial charge in [0, 0.05) is 13.1 Å². The average molecular weight is 322 g/mol. The molecule has 2 aromatic rings. The quantitative estimate of drug-likeness (QED) is 0.845. The first kappa shape index (κ1) is 16.5. The molecule has 0 bridgehead atoms. The van der Waals surface area contributed by atoms with Crippen LogP contribution in [0.5, 0.6) is 17.2 Å². The lowest BCUT2D eigenvalue weighted by molar-refractivity contribution is 0.354. The molecule has 4 nitrogen and oxygen atoms in total. The lowest BCUT2D eigenvalue weighted by atomic mass is 10.1. The predicted molar refractivity (Wildman–Crippen MR) is 88.1 cm³/mol. The van der Waals surface area contributed by atoms with Crippen molar-refractivity contribution in [2.45, 2.75) is 13.1 Å². The van der Waals surface area contributed by atoms with Crippen LogP contribution in [0.2, 0.25) is 5.02 Å². The van der Waals surface area contributed by atoms with Crippen LogP contribution < -0.4 is 19.5 Å². The number of methoxy groups -OCH3 is 3. The molecule has 0 unspecified atom stereocenters. The third kappa shape index (κ3) is 3.84. The molecule has 2 rings (SSSR count). The van der Waals surface area contributed by atoms with Crippen molar-refractivity contribution >= 4 is 11.6 Å². The second kappa shape index (κ2) is 7.92. The Morgan fingerprint density at radius 1 is 0.864 bits per heavy atom. The second-order valence-corrected chi connectivity index (χ2v) is 5.10. The van der Waals surface area contributed by atoms with E-state index in [2.05, 4.69) is 5.32 Å². The highest BCUT2D eigenvalue weighted by Gasteiger charge is 2.12. The van der Waals surface area contributed by atoms with E-state index < -0.39 is 0 Å². The Balaban J connectivity index is 1.99. The second-order valence-electron chi connectivity index (χ2n) is 4.73. The van der Waals surface area contributed by atoms with Crippen molar-refractivity contribution < 1.29 is 14.2 Å². The van der Waals surface area contributed by atoms with Gasteiger partial charge in [-0.25, -0.2) is 0 Å². The molecule has 0 saturated carbocycles. The number of nitrogens with one attached hydrogen (secondary N) is 1. The Morgan fingerprint density at radius 3 is 2.18 bits per heavy atom. The Labute approximate surface area is 136 Å². The maximum Gasteiger partial charge on any atom is 0.179 e. The maximum atomic E-state index is 6.35. The summed E-state index contributed by atoms with van der Waals surface area (Å²) in [6.07, 6.45) is 0. The first-order chi connectivity index (χ1) is 10.7. The number of benzene rings is 2. The number of ether oxygens (including phenoxy) is 3. The number of rotatable bonds is 7. The molecule has 5 heteroatoms. The fourth-order valence-electron chi connectivity index (χ4n) is 2.15. The van der Waals surface area contributed by atoms with Gasteiger partial charge in [0.25, 0.3) is 0 Å². The molecule has 22 heavy (non-hydrogen) atoms. The maximum absolute atomic E-state index is 6.35. The van der Waals surface area contributed by atoms with E-state index in [0.717, 1.165) is 17.9 Å². The number of hydrogen-bond acceptors (Lipinski definition) is 4. The van der Waals surface area contributed by atoms with E-state index in [9.17, 15) is 0 Å². The van der Waals surface area contributed by atoms with Crippen molar-refractivity contribution in [1.29, 1.82) is 0 Å². The lowest BCUT2D eigenvalue weighted by Crippen LogP contribution is -2.13. The zero-order valence-electron chi connectivity index (χ0n) is 13.0. The van der Waals surface area contributed by atoms with E-state index in [1.54, 1.807) is 21.3 Å². The van der Waals surface area contributed by atoms with Gasteiger partial charge in [-0.3, -0.25) is 0 Å². The molecule has 0 aliphatic carbocycles. The third-order valence-corrected chi connectivity index (χ3v) is 3.78. The van der Waals surface area contributed by atoms with Crippen molar-refractivity contribution in [3.63, 3.8) is 0 Å². The predicted octanol–water partition coefficient (Wildman–Crippen LogP) is 3.66. The van der Waals surface area contributed by atoms with Gasteiger partial charge in [0.15, 0.2) is 11.5 Å². The van der Waals surface area contributed by atoms with Crippen molar-refractivity contribution in [2.24, 2.45) is 0 Å². The summed E-state index contributed by atoms with van der Waals surface area (Å²) in [6.45, 7) is 1.39. The van der Waals surface area contributed by atoms with Crippen LogP contribution in [0.1, 0.15) is 11.1 Å². The fraction of sp³-hybridized carbons (Fsp3) is 0.294. The Hall–Kier alpha value is -1.91. The summed E-state index contributed by atoms with van der Waals surface area (Å²) in [5.41, 5.74) is 2.14. The van der Waals surface area contributed by atoms with E-state index in [-0.39, 0.29) is 0 Å². The molecule has 0 aromatic heterocycles. The van der Waals surface area contributed by atoms with Crippen LogP contribution in [0, 0.1) is 0 Å². The summed E-state index contributed by atoms with van der Waals surface area (Å²) in [7, 11) is 4.83. The molecule has 118 valence electrons. The zero-order valence-corrected chi connectivity index (χ0v) is 13.7. The molecule has 0 atom stereocenters. The lowest BCUT2D eigenvalue weighted by Gasteiger charge is -2.13. The van der Waals surface area contributed by atoms with E-state index in [1.165, 1.54) is 5.56 Å². The van der Waals surface area contributed by atoms with Gasteiger partial charge in [0.1, 0.15) is 5.75 Å². The smallest absolute Gasteiger partial charge is 0.179 e. The van der Waals surface area contributed by atoms with E-state index >= 15 is 0 Å². The van der Waals surface area contributed by atoms with Gasteiger partial charge in [-0.05, 0) is 29.3 Å². The normalized spacial score (nSPS) is 10.4. The van der Waals surface area contributed by atoms with Crippen LogP contribution in [-0.2, 0) is 13.1 Å². The van der Waals surface area contributed by atoms with Gasteiger partial charge >= 0.3 is 0 Å². The molecule has 1 N–H and O–H groups in total. The van der Waals surface area contributed by atoms with Gasteiger partial charge in [0.05, 0.1) is 26.4 Å². The van der Waals surface area contributed by atoms with Gasteiger partial charge < -0.3 is 19.5 Å². The molecule has 0 fully saturated rings. The summed E-state index contributed by atoms with van der Waals surface area (Å²) in [4.78, 5) is 0. The van der Waals surface area contributed by atoms with Crippen LogP contribution >= 0.6 is 11.6 Å². The standard InChI is InChI=1S/C17H20ClNO3/c1-20-14-7-4-12(5-8-14)10-19-11-13-6-9-15(21-2)17(22-3)16(13)18/h4-9,19H,10-11H2,1-3H3. The topological polar surface area (TPSA) is 39.7 Å². The molecule has 0 radical (unpaired) electrons. The van der Waals surface area contributed by atoms with Gasteiger partial charge in [-0.1, -0.05) is 29.8 Å². The van der Waals surface area contributed by atoms with Crippen molar-refractivity contribution in [3.05, 3.63) is 52.5 Å². The van der Waals surface area contributed by atoms with Crippen LogP contribution in [0.3, 0.4) is 0 Å². The molecular weight excluding hydrogens is 302 g/mol. The molecule has 0 spiro atoms. The first-order valence-corrected chi connectivity index (χ1v) is 7.30. The van der Waals surface area contributed by atoms with Crippen LogP contribution in [0.15, 0.2) is 36.4 Å². The van der Waals surface area contributed by atoms with E-state index in [0.29, 0.717) is 23.1 Å². The minimum atomic E-state index is 0.563. The molecular formula is C17H20ClNO3. The van der Waals surface area contributed by atoms with Gasteiger partial charge in [0.2, 0.25) is 0 Å². The highest BCUT2D eigenvalue weighted by Crippen LogP contribution is 2.37. The largest absolute Gasteiger partial charge is 0.497 e. The first-order valence-electron chi connectivity index (χ1n) is 6.92. The fourth-order valence-corrected chi connectivity index (χ4v) is 2.45. The monoisotopic (exact) mass is 321 g/mol. The minimum absolute atomic E-state index is 0.563. The van der Waals surface area contributed by atoms with E-state index in [4.69, 9.17) is 25.8 Å². The van der Waals surface area contributed by atoms with Crippen molar-refractivity contribution in [2.75, 3.05) is 21.3 Å². The highest BCUT2D eigenvalue weighted by molar-refractivity contribution is 6.33. The van der Waals surface area contributed by atoms with Gasteiger partial charge in [-0.2, -0.15) is 0 Å². The summed E-state index contributed by atoms with van der Waals surface area (Å²) in [5, 5.41) is 3.94. The average Bonchev–Trinajstić information content (AvgIpc) is 2.56. The van der Waals surface area contributed by atoms with Crippen molar-refractivity contribution in [1.82, 2.24) is 5.32 Å². The molecule has 0 aliphatic heterocycles. The summed E-state index contributed by atoms with van der Waals surface area (Å²) in [5.74, 6) is 2.05. The van der Waals surface area contributed by atoms with Crippen LogP contribution in [0.25, 0.3) is 0 Å². The molecule has 0 saturated heterocycles. The summed E-state index contributed by atoms with van der Waals surface area (Å²) in [6, 6.07) is 11.7. The van der Waals surface area contributed by atoms with Crippen LogP contribution in [0.4, 0.5) is 0 Å². The summed E-state index contributed by atoms with van der Waals surface area (Å²) < 4.78 is 15.7. The number of halogens is 1. The van der Waals surface area contributed by atoms with Crippen molar-refractivity contribution in [3.8, 4) is 17.2 Å². The highest BCUT2D eigenvalue weighted by atomic mass is 35.5. The Bertz CT molecular complexity index is 614. The van der Waals surface area contributed by atoms with E-state index in [1.807, 2.05) is 36.4 Å². The Kier molecular flexibility index (Phi) is 5.92. The molecule has 0 aliphatic rings. The SMILES string of the molecule is COc1ccc(CNCc2ccc(OC)c(OC)c2Cl)cc1. The minimum Gasteiger partial charge on any atom is -0.497 e. The molecule has 2 aromatic carbocycles. The zero-order chi connectivity index (χ0) is 15.9. The number of hydrogen-bond donors (Lipinski definition) is 1.